The first-order chi connectivity index (χ1) is 9.65. The fourth-order valence-corrected chi connectivity index (χ4v) is 2.47. The van der Waals surface area contributed by atoms with Gasteiger partial charge in [-0.2, -0.15) is 0 Å². The van der Waals surface area contributed by atoms with Crippen molar-refractivity contribution in [3.8, 4) is 16.9 Å². The zero-order chi connectivity index (χ0) is 14.5. The summed E-state index contributed by atoms with van der Waals surface area (Å²) in [5, 5.41) is 3.45. The highest BCUT2D eigenvalue weighted by atomic mass is 16.5. The maximum Gasteiger partial charge on any atom is 0.121 e. The van der Waals surface area contributed by atoms with Crippen LogP contribution >= 0.6 is 0 Å². The predicted octanol–water partition coefficient (Wildman–Crippen LogP) is 4.34. The van der Waals surface area contributed by atoms with Crippen LogP contribution in [0.2, 0.25) is 0 Å². The highest BCUT2D eigenvalue weighted by Gasteiger charge is 2.06. The quantitative estimate of drug-likeness (QED) is 0.871. The first-order valence-electron chi connectivity index (χ1n) is 7.14. The van der Waals surface area contributed by atoms with Crippen molar-refractivity contribution in [1.82, 2.24) is 5.32 Å². The Bertz CT molecular complexity index is 577. The van der Waals surface area contributed by atoms with Gasteiger partial charge in [-0.3, -0.25) is 0 Å². The minimum atomic E-state index is 0.374. The lowest BCUT2D eigenvalue weighted by Crippen LogP contribution is -2.17. The van der Waals surface area contributed by atoms with Crippen LogP contribution in [-0.4, -0.2) is 13.7 Å². The first kappa shape index (κ1) is 14.6. The van der Waals surface area contributed by atoms with E-state index in [1.54, 1.807) is 7.11 Å². The van der Waals surface area contributed by atoms with Crippen LogP contribution in [0.15, 0.2) is 42.5 Å². The van der Waals surface area contributed by atoms with Crippen LogP contribution < -0.4 is 10.1 Å². The van der Waals surface area contributed by atoms with Gasteiger partial charge in [-0.15, -0.1) is 0 Å². The molecule has 0 aromatic heterocycles. The topological polar surface area (TPSA) is 21.3 Å². The summed E-state index contributed by atoms with van der Waals surface area (Å²) in [5.41, 5.74) is 4.96. The zero-order valence-corrected chi connectivity index (χ0v) is 12.7. The van der Waals surface area contributed by atoms with Crippen molar-refractivity contribution in [2.24, 2.45) is 0 Å². The summed E-state index contributed by atoms with van der Waals surface area (Å²) in [6.45, 7) is 7.38. The van der Waals surface area contributed by atoms with Crippen molar-refractivity contribution in [2.45, 2.75) is 26.8 Å². The Kier molecular flexibility index (Phi) is 4.80. The van der Waals surface area contributed by atoms with Crippen molar-refractivity contribution < 1.29 is 4.74 Å². The van der Waals surface area contributed by atoms with Crippen molar-refractivity contribution in [3.63, 3.8) is 0 Å². The lowest BCUT2D eigenvalue weighted by Gasteiger charge is -2.14. The molecule has 2 nitrogen and oxygen atoms in total. The van der Waals surface area contributed by atoms with Gasteiger partial charge < -0.3 is 10.1 Å². The molecular formula is C18H23NO. The summed E-state index contributed by atoms with van der Waals surface area (Å²) >= 11 is 0. The number of methoxy groups -OCH3 is 1. The maximum atomic E-state index is 5.32. The third-order valence-electron chi connectivity index (χ3n) is 3.63. The molecule has 0 aliphatic heterocycles. The van der Waals surface area contributed by atoms with Crippen molar-refractivity contribution in [2.75, 3.05) is 13.7 Å². The molecular weight excluding hydrogens is 246 g/mol. The highest BCUT2D eigenvalue weighted by molar-refractivity contribution is 5.66. The average Bonchev–Trinajstić information content (AvgIpc) is 2.47. The predicted molar refractivity (Wildman–Crippen MR) is 85.3 cm³/mol. The molecule has 1 unspecified atom stereocenters. The number of benzene rings is 2. The third-order valence-corrected chi connectivity index (χ3v) is 3.63. The van der Waals surface area contributed by atoms with E-state index in [1.807, 2.05) is 6.07 Å². The van der Waals surface area contributed by atoms with Crippen molar-refractivity contribution >= 4 is 0 Å². The van der Waals surface area contributed by atoms with Crippen LogP contribution in [-0.2, 0) is 0 Å². The summed E-state index contributed by atoms with van der Waals surface area (Å²) in [5.74, 6) is 0.936. The number of rotatable bonds is 5. The molecule has 1 N–H and O–H groups in total. The second kappa shape index (κ2) is 6.58. The average molecular weight is 269 g/mol. The van der Waals surface area contributed by atoms with Crippen LogP contribution in [0.5, 0.6) is 5.75 Å². The second-order valence-electron chi connectivity index (χ2n) is 5.09. The van der Waals surface area contributed by atoms with Crippen molar-refractivity contribution in [1.29, 1.82) is 0 Å². The van der Waals surface area contributed by atoms with Crippen LogP contribution in [0, 0.1) is 6.92 Å². The van der Waals surface area contributed by atoms with Gasteiger partial charge in [-0.25, -0.2) is 0 Å². The van der Waals surface area contributed by atoms with Gasteiger partial charge >= 0.3 is 0 Å². The standard InChI is InChI=1S/C18H23NO/c1-5-19-14(3)15-7-6-8-16(12-15)17-9-10-18(20-4)13(2)11-17/h6-12,14,19H,5H2,1-4H3. The number of aryl methyl sites for hydroxylation is 1. The summed E-state index contributed by atoms with van der Waals surface area (Å²) in [4.78, 5) is 0. The van der Waals surface area contributed by atoms with Gasteiger partial charge in [0.05, 0.1) is 7.11 Å². The van der Waals surface area contributed by atoms with Gasteiger partial charge in [-0.05, 0) is 60.8 Å². The van der Waals surface area contributed by atoms with E-state index in [-0.39, 0.29) is 0 Å². The molecule has 0 spiro atoms. The van der Waals surface area contributed by atoms with E-state index < -0.39 is 0 Å². The van der Waals surface area contributed by atoms with E-state index in [4.69, 9.17) is 4.74 Å². The SMILES string of the molecule is CCNC(C)c1cccc(-c2ccc(OC)c(C)c2)c1. The number of hydrogen-bond donors (Lipinski definition) is 1. The number of ether oxygens (including phenoxy) is 1. The molecule has 0 aliphatic carbocycles. The monoisotopic (exact) mass is 269 g/mol. The highest BCUT2D eigenvalue weighted by Crippen LogP contribution is 2.27. The lowest BCUT2D eigenvalue weighted by atomic mass is 9.98. The molecule has 0 aliphatic rings. The summed E-state index contributed by atoms with van der Waals surface area (Å²) < 4.78 is 5.32. The molecule has 1 atom stereocenters. The molecule has 0 saturated carbocycles. The Labute approximate surface area is 121 Å². The van der Waals surface area contributed by atoms with Gasteiger partial charge in [0.1, 0.15) is 5.75 Å². The van der Waals surface area contributed by atoms with Gasteiger partial charge in [0.2, 0.25) is 0 Å². The van der Waals surface area contributed by atoms with Crippen LogP contribution in [0.1, 0.15) is 31.0 Å². The lowest BCUT2D eigenvalue weighted by molar-refractivity contribution is 0.412. The molecule has 2 aromatic carbocycles. The van der Waals surface area contributed by atoms with E-state index in [0.717, 1.165) is 17.9 Å². The van der Waals surface area contributed by atoms with Gasteiger partial charge in [0.25, 0.3) is 0 Å². The summed E-state index contributed by atoms with van der Waals surface area (Å²) in [7, 11) is 1.71. The molecule has 20 heavy (non-hydrogen) atoms. The summed E-state index contributed by atoms with van der Waals surface area (Å²) in [6.07, 6.45) is 0. The van der Waals surface area contributed by atoms with Crippen LogP contribution in [0.4, 0.5) is 0 Å². The molecule has 0 heterocycles. The largest absolute Gasteiger partial charge is 0.496 e. The summed E-state index contributed by atoms with van der Waals surface area (Å²) in [6, 6.07) is 15.4. The fourth-order valence-electron chi connectivity index (χ4n) is 2.47. The minimum absolute atomic E-state index is 0.374. The zero-order valence-electron chi connectivity index (χ0n) is 12.7. The van der Waals surface area contributed by atoms with Crippen LogP contribution in [0.3, 0.4) is 0 Å². The molecule has 0 fully saturated rings. The van der Waals surface area contributed by atoms with Gasteiger partial charge in [0, 0.05) is 6.04 Å². The second-order valence-corrected chi connectivity index (χ2v) is 5.09. The smallest absolute Gasteiger partial charge is 0.121 e. The Hall–Kier alpha value is -1.80. The molecule has 2 heteroatoms. The Morgan fingerprint density at radius 1 is 1.10 bits per heavy atom. The molecule has 0 bridgehead atoms. The fraction of sp³-hybridized carbons (Fsp3) is 0.333. The van der Waals surface area contributed by atoms with E-state index >= 15 is 0 Å². The molecule has 2 rings (SSSR count). The van der Waals surface area contributed by atoms with Gasteiger partial charge in [-0.1, -0.05) is 31.2 Å². The minimum Gasteiger partial charge on any atom is -0.496 e. The normalized spacial score (nSPS) is 12.2. The first-order valence-corrected chi connectivity index (χ1v) is 7.14. The van der Waals surface area contributed by atoms with E-state index in [1.165, 1.54) is 16.7 Å². The van der Waals surface area contributed by atoms with Crippen molar-refractivity contribution in [3.05, 3.63) is 53.6 Å². The number of hydrogen-bond acceptors (Lipinski definition) is 2. The van der Waals surface area contributed by atoms with E-state index in [0.29, 0.717) is 6.04 Å². The maximum absolute atomic E-state index is 5.32. The Morgan fingerprint density at radius 2 is 1.85 bits per heavy atom. The van der Waals surface area contributed by atoms with Crippen LogP contribution in [0.25, 0.3) is 11.1 Å². The Morgan fingerprint density at radius 3 is 2.50 bits per heavy atom. The third kappa shape index (κ3) is 3.20. The molecule has 0 saturated heterocycles. The molecule has 106 valence electrons. The number of nitrogens with one attached hydrogen (secondary N) is 1. The Balaban J connectivity index is 2.33. The van der Waals surface area contributed by atoms with Gasteiger partial charge in [0.15, 0.2) is 0 Å². The molecule has 2 aromatic rings. The molecule has 0 radical (unpaired) electrons. The molecule has 0 amide bonds. The van der Waals surface area contributed by atoms with E-state index in [2.05, 4.69) is 62.5 Å². The van der Waals surface area contributed by atoms with E-state index in [9.17, 15) is 0 Å².